The molecule has 1 aliphatic heterocycles. The Kier molecular flexibility index (Phi) is 30.8. The van der Waals surface area contributed by atoms with Crippen LogP contribution in [-0.2, 0) is 25.2 Å². The second-order valence-electron chi connectivity index (χ2n) is 13.7. The monoisotopic (exact) mass is 720 g/mol. The number of nitrogens with two attached hydrogens (primary N) is 1. The third-order valence-electron chi connectivity index (χ3n) is 7.94. The summed E-state index contributed by atoms with van der Waals surface area (Å²) in [5.41, 5.74) is 4.96. The van der Waals surface area contributed by atoms with E-state index in [1.54, 1.807) is 0 Å². The van der Waals surface area contributed by atoms with Crippen LogP contribution in [0, 0.1) is 11.8 Å². The van der Waals surface area contributed by atoms with Crippen LogP contribution in [0.3, 0.4) is 0 Å². The number of urea groups is 1. The third-order valence-corrected chi connectivity index (χ3v) is 10.3. The molecule has 3 rings (SSSR count). The number of nitrogens with zero attached hydrogens (tertiary/aromatic N) is 1. The number of aliphatic hydroxyl groups is 1. The van der Waals surface area contributed by atoms with Crippen LogP contribution in [0.2, 0.25) is 0 Å². The van der Waals surface area contributed by atoms with Gasteiger partial charge in [-0.15, -0.1) is 0 Å². The largest absolute Gasteiger partial charge is 0.381 e. The average molecular weight is 720 g/mol. The molecule has 3 aliphatic rings. The summed E-state index contributed by atoms with van der Waals surface area (Å²) in [5, 5.41) is 17.5. The number of primary amides is 1. The maximum atomic E-state index is 12.8. The number of carbonyl (C=O) groups is 4. The molecule has 3 fully saturated rings. The number of nitrogens with one attached hydrogen (secondary N) is 3. The van der Waals surface area contributed by atoms with Crippen LogP contribution in [0.5, 0.6) is 0 Å². The van der Waals surface area contributed by atoms with E-state index in [0.29, 0.717) is 18.7 Å². The summed E-state index contributed by atoms with van der Waals surface area (Å²) < 4.78 is 12.5. The maximum absolute atomic E-state index is 12.8. The van der Waals surface area contributed by atoms with Crippen molar-refractivity contribution in [2.45, 2.75) is 188 Å². The van der Waals surface area contributed by atoms with Crippen molar-refractivity contribution < 1.29 is 28.5 Å². The van der Waals surface area contributed by atoms with Gasteiger partial charge in [0.2, 0.25) is 18.2 Å². The predicted octanol–water partition coefficient (Wildman–Crippen LogP) is 6.03. The number of carbonyl (C=O) groups excluding carboxylic acids is 4. The highest BCUT2D eigenvalue weighted by Gasteiger charge is 2.36. The summed E-state index contributed by atoms with van der Waals surface area (Å²) in [6.45, 7) is 27.3. The molecule has 6 unspecified atom stereocenters. The molecule has 6 N–H and O–H groups in total. The Morgan fingerprint density at radius 1 is 0.918 bits per heavy atom. The summed E-state index contributed by atoms with van der Waals surface area (Å²) in [5.74, 6) is 0.517. The predicted molar refractivity (Wildman–Crippen MR) is 206 cm³/mol. The third kappa shape index (κ3) is 22.3. The van der Waals surface area contributed by atoms with Crippen molar-refractivity contribution in [2.24, 2.45) is 17.6 Å². The number of hydrogen-bond acceptors (Lipinski definition) is 6. The molecule has 6 atom stereocenters. The van der Waals surface area contributed by atoms with Crippen LogP contribution in [0.15, 0.2) is 0 Å². The summed E-state index contributed by atoms with van der Waals surface area (Å²) >= 11 is 0. The standard InChI is InChI=1S/C18H33N3O3S.C9H16N2O3.C4H10.3C2H6/c1-13-8-7-11-21(13)16(22)12-19-17(23)20-14-9-5-6-10-15(14)25(24)18(2,3)4;10-9(14)8(13)7(11-5-12)4-6-2-1-3-6;1-4(2)3;3*1-2/h13-15H,5-12H2,1-4H3,(H2,19,20,23);5-8,13H,1-4H2,(H2,10,14)(H,11,12);4H,1-3H3;3*1-2H3. The summed E-state index contributed by atoms with van der Waals surface area (Å²) in [4.78, 5) is 47.2. The Morgan fingerprint density at radius 3 is 1.86 bits per heavy atom. The molecule has 1 saturated heterocycles. The highest BCUT2D eigenvalue weighted by molar-refractivity contribution is 7.87. The smallest absolute Gasteiger partial charge is 0.315 e. The zero-order valence-electron chi connectivity index (χ0n) is 33.5. The highest BCUT2D eigenvalue weighted by Crippen LogP contribution is 2.31. The zero-order chi connectivity index (χ0) is 38.7. The Bertz CT molecular complexity index is 907. The molecule has 0 bridgehead atoms. The van der Waals surface area contributed by atoms with E-state index in [4.69, 9.17) is 5.73 Å². The molecule has 0 radical (unpaired) electrons. The molecule has 2 saturated carbocycles. The summed E-state index contributed by atoms with van der Waals surface area (Å²) in [6.07, 6.45) is 9.09. The van der Waals surface area contributed by atoms with Gasteiger partial charge in [-0.2, -0.15) is 0 Å². The lowest BCUT2D eigenvalue weighted by Gasteiger charge is -2.35. The van der Waals surface area contributed by atoms with Crippen LogP contribution in [0.1, 0.15) is 154 Å². The van der Waals surface area contributed by atoms with Crippen molar-refractivity contribution in [3.8, 4) is 0 Å². The second-order valence-corrected chi connectivity index (χ2v) is 16.2. The van der Waals surface area contributed by atoms with Gasteiger partial charge >= 0.3 is 6.03 Å². The average Bonchev–Trinajstić information content (AvgIpc) is 3.48. The maximum Gasteiger partial charge on any atom is 0.315 e. The minimum absolute atomic E-state index is 0.0196. The Labute approximate surface area is 302 Å². The fraction of sp³-hybridized carbons (Fsp3) is 0.892. The van der Waals surface area contributed by atoms with E-state index in [-0.39, 0.29) is 40.6 Å². The first-order valence-corrected chi connectivity index (χ1v) is 20.2. The number of hydrogen-bond donors (Lipinski definition) is 5. The molecule has 0 aromatic rings. The molecule has 2 aliphatic carbocycles. The van der Waals surface area contributed by atoms with Crippen LogP contribution in [0.4, 0.5) is 4.79 Å². The number of aliphatic hydroxyl groups excluding tert-OH is 1. The van der Waals surface area contributed by atoms with Crippen molar-refractivity contribution in [3.05, 3.63) is 0 Å². The van der Waals surface area contributed by atoms with Gasteiger partial charge in [0.05, 0.1) is 17.8 Å². The lowest BCUT2D eigenvalue weighted by Crippen LogP contribution is -2.53. The molecule has 0 aromatic carbocycles. The second kappa shape index (κ2) is 29.5. The lowest BCUT2D eigenvalue weighted by atomic mass is 9.80. The van der Waals surface area contributed by atoms with E-state index in [0.717, 1.165) is 63.8 Å². The van der Waals surface area contributed by atoms with E-state index >= 15 is 0 Å². The Balaban J connectivity index is -0.000000742. The van der Waals surface area contributed by atoms with Crippen molar-refractivity contribution in [1.29, 1.82) is 0 Å². The first-order valence-electron chi connectivity index (χ1n) is 19.0. The van der Waals surface area contributed by atoms with E-state index in [1.807, 2.05) is 74.1 Å². The van der Waals surface area contributed by atoms with E-state index in [9.17, 15) is 28.5 Å². The quantitative estimate of drug-likeness (QED) is 0.173. The van der Waals surface area contributed by atoms with Gasteiger partial charge in [0.25, 0.3) is 0 Å². The summed E-state index contributed by atoms with van der Waals surface area (Å²) in [7, 11) is -1.01. The zero-order valence-corrected chi connectivity index (χ0v) is 34.3. The van der Waals surface area contributed by atoms with Crippen LogP contribution >= 0.6 is 0 Å². The molecular formula is C37H77N5O6S. The first-order chi connectivity index (χ1) is 23.1. The van der Waals surface area contributed by atoms with Crippen LogP contribution < -0.4 is 21.7 Å². The molecule has 49 heavy (non-hydrogen) atoms. The number of rotatable bonds is 10. The van der Waals surface area contributed by atoms with Crippen molar-refractivity contribution in [3.63, 3.8) is 0 Å². The van der Waals surface area contributed by atoms with Crippen molar-refractivity contribution in [2.75, 3.05) is 13.1 Å². The fourth-order valence-corrected chi connectivity index (χ4v) is 7.21. The van der Waals surface area contributed by atoms with Gasteiger partial charge in [0.15, 0.2) is 6.10 Å². The number of amides is 5. The van der Waals surface area contributed by atoms with E-state index in [1.165, 1.54) is 6.42 Å². The van der Waals surface area contributed by atoms with Gasteiger partial charge in [-0.3, -0.25) is 18.6 Å². The van der Waals surface area contributed by atoms with Crippen molar-refractivity contribution >= 4 is 35.1 Å². The van der Waals surface area contributed by atoms with Crippen molar-refractivity contribution in [1.82, 2.24) is 20.9 Å². The van der Waals surface area contributed by atoms with Gasteiger partial charge < -0.3 is 31.7 Å². The van der Waals surface area contributed by atoms with Gasteiger partial charge in [-0.1, -0.05) is 94.4 Å². The SMILES string of the molecule is CC.CC.CC.CC(C)C.CC1CCCN1C(=O)CNC(=O)NC1CCCCC1S(=O)C(C)(C)C.NC(=O)C(O)C(CC1CCC1)NC=O. The van der Waals surface area contributed by atoms with Gasteiger partial charge in [-0.05, 0) is 71.6 Å². The fourth-order valence-electron chi connectivity index (χ4n) is 5.41. The minimum atomic E-state index is -1.28. The molecule has 5 amide bonds. The molecule has 292 valence electrons. The molecule has 0 spiro atoms. The normalized spacial score (nSPS) is 21.5. The molecule has 0 aromatic heterocycles. The molecule has 12 heteroatoms. The first kappa shape index (κ1) is 51.2. The van der Waals surface area contributed by atoms with E-state index < -0.39 is 28.9 Å². The van der Waals surface area contributed by atoms with Gasteiger partial charge in [0.1, 0.15) is 0 Å². The minimum Gasteiger partial charge on any atom is -0.381 e. The topological polar surface area (TPSA) is 171 Å². The molecule has 1 heterocycles. The Hall–Kier alpha value is -2.21. The molecular weight excluding hydrogens is 643 g/mol. The van der Waals surface area contributed by atoms with Gasteiger partial charge in [-0.25, -0.2) is 4.79 Å². The molecule has 11 nitrogen and oxygen atoms in total. The van der Waals surface area contributed by atoms with Crippen LogP contribution in [-0.4, -0.2) is 85.8 Å². The number of likely N-dealkylation sites (tertiary alicyclic amines) is 1. The summed E-state index contributed by atoms with van der Waals surface area (Å²) in [6, 6.07) is -0.692. The highest BCUT2D eigenvalue weighted by atomic mass is 32.2. The Morgan fingerprint density at radius 2 is 1.45 bits per heavy atom. The van der Waals surface area contributed by atoms with Crippen LogP contribution in [0.25, 0.3) is 0 Å². The van der Waals surface area contributed by atoms with Gasteiger partial charge in [0, 0.05) is 34.2 Å². The lowest BCUT2D eigenvalue weighted by molar-refractivity contribution is -0.130. The van der Waals surface area contributed by atoms with E-state index in [2.05, 4.69) is 36.7 Å².